The van der Waals surface area contributed by atoms with Gasteiger partial charge in [-0.15, -0.1) is 0 Å². The van der Waals surface area contributed by atoms with Crippen LogP contribution < -0.4 is 5.69 Å². The highest BCUT2D eigenvalue weighted by Crippen LogP contribution is 2.37. The Balaban J connectivity index is 1.85. The van der Waals surface area contributed by atoms with E-state index in [4.69, 9.17) is 0 Å². The van der Waals surface area contributed by atoms with Gasteiger partial charge in [0.15, 0.2) is 5.82 Å². The lowest BCUT2D eigenvalue weighted by molar-refractivity contribution is 0.430. The highest BCUT2D eigenvalue weighted by molar-refractivity contribution is 7.89. The van der Waals surface area contributed by atoms with E-state index in [2.05, 4.69) is 10.2 Å². The van der Waals surface area contributed by atoms with Gasteiger partial charge in [-0.05, 0) is 23.8 Å². The van der Waals surface area contributed by atoms with Crippen LogP contribution in [0.15, 0.2) is 76.4 Å². The van der Waals surface area contributed by atoms with E-state index in [1.54, 1.807) is 36.4 Å². The molecule has 0 aliphatic carbocycles. The van der Waals surface area contributed by atoms with Crippen molar-refractivity contribution in [2.24, 2.45) is 0 Å². The molecule has 0 atom stereocenters. The van der Waals surface area contributed by atoms with Crippen LogP contribution in [0.2, 0.25) is 0 Å². The Morgan fingerprint density at radius 1 is 1.06 bits per heavy atom. The quantitative estimate of drug-likeness (QED) is 0.385. The number of phenolic OH excluding ortho intramolecular Hbond substituents is 2. The van der Waals surface area contributed by atoms with Crippen LogP contribution in [0, 0.1) is 11.3 Å². The summed E-state index contributed by atoms with van der Waals surface area (Å²) in [5, 5.41) is 36.5. The van der Waals surface area contributed by atoms with Gasteiger partial charge in [0.1, 0.15) is 22.5 Å². The molecule has 0 aliphatic rings. The van der Waals surface area contributed by atoms with Crippen LogP contribution in [0.4, 0.5) is 0 Å². The number of nitrogens with zero attached hydrogens (tertiary/aromatic N) is 4. The molecule has 4 aromatic rings. The standard InChI is InChI=1S/C23H19N5O5S/c1-27(14-15-7-3-2-4-8-15)34(32,33)21-11-17(19(29)12-20(21)30)22-25-26-23(31)28(22)18-10-6-5-9-16(18)13-24/h2-12,29-30H,14H2,1H3,(H,26,31). The third-order valence-electron chi connectivity index (χ3n) is 5.19. The summed E-state index contributed by atoms with van der Waals surface area (Å²) in [6.45, 7) is 0.0431. The van der Waals surface area contributed by atoms with Gasteiger partial charge in [-0.25, -0.2) is 22.9 Å². The molecule has 1 aromatic heterocycles. The molecule has 11 heteroatoms. The SMILES string of the molecule is CN(Cc1ccccc1)S(=O)(=O)c1cc(-c2n[nH]c(=O)n2-c2ccccc2C#N)c(O)cc1O. The van der Waals surface area contributed by atoms with Gasteiger partial charge in [-0.2, -0.15) is 14.7 Å². The van der Waals surface area contributed by atoms with Gasteiger partial charge in [-0.3, -0.25) is 0 Å². The van der Waals surface area contributed by atoms with Gasteiger partial charge in [0.05, 0.1) is 16.8 Å². The summed E-state index contributed by atoms with van der Waals surface area (Å²) in [5.41, 5.74) is 0.269. The summed E-state index contributed by atoms with van der Waals surface area (Å²) >= 11 is 0. The number of hydrogen-bond acceptors (Lipinski definition) is 7. The van der Waals surface area contributed by atoms with Crippen molar-refractivity contribution in [1.29, 1.82) is 5.26 Å². The molecule has 4 rings (SSSR count). The maximum Gasteiger partial charge on any atom is 0.348 e. The number of benzene rings is 3. The molecule has 0 spiro atoms. The zero-order chi connectivity index (χ0) is 24.5. The number of sulfonamides is 1. The van der Waals surface area contributed by atoms with Gasteiger partial charge in [0.25, 0.3) is 0 Å². The van der Waals surface area contributed by atoms with Crippen molar-refractivity contribution >= 4 is 10.0 Å². The fourth-order valence-electron chi connectivity index (χ4n) is 3.50. The van der Waals surface area contributed by atoms with Crippen LogP contribution in [0.1, 0.15) is 11.1 Å². The summed E-state index contributed by atoms with van der Waals surface area (Å²) in [5.74, 6) is -1.30. The van der Waals surface area contributed by atoms with Crippen molar-refractivity contribution in [2.45, 2.75) is 11.4 Å². The molecule has 0 unspecified atom stereocenters. The third kappa shape index (κ3) is 4.03. The average molecular weight is 478 g/mol. The molecule has 10 nitrogen and oxygen atoms in total. The fourth-order valence-corrected chi connectivity index (χ4v) is 4.75. The molecule has 0 saturated carbocycles. The minimum atomic E-state index is -4.20. The topological polar surface area (TPSA) is 152 Å². The number of aromatic hydroxyl groups is 2. The first kappa shape index (κ1) is 22.8. The molecular weight excluding hydrogens is 458 g/mol. The van der Waals surface area contributed by atoms with E-state index in [1.807, 2.05) is 12.1 Å². The summed E-state index contributed by atoms with van der Waals surface area (Å²) in [6, 6.07) is 19.1. The van der Waals surface area contributed by atoms with E-state index in [0.29, 0.717) is 0 Å². The molecule has 0 radical (unpaired) electrons. The monoisotopic (exact) mass is 477 g/mol. The molecular formula is C23H19N5O5S. The lowest BCUT2D eigenvalue weighted by atomic mass is 10.1. The van der Waals surface area contributed by atoms with Gasteiger partial charge >= 0.3 is 5.69 Å². The predicted octanol–water partition coefficient (Wildman–Crippen LogP) is 2.33. The van der Waals surface area contributed by atoms with E-state index in [9.17, 15) is 28.7 Å². The van der Waals surface area contributed by atoms with Crippen LogP contribution in [0.3, 0.4) is 0 Å². The number of aromatic amines is 1. The fraction of sp³-hybridized carbons (Fsp3) is 0.0870. The lowest BCUT2D eigenvalue weighted by Gasteiger charge is -2.19. The van der Waals surface area contributed by atoms with Gasteiger partial charge in [0, 0.05) is 19.7 Å². The molecule has 0 aliphatic heterocycles. The van der Waals surface area contributed by atoms with Crippen molar-refractivity contribution in [2.75, 3.05) is 7.05 Å². The zero-order valence-corrected chi connectivity index (χ0v) is 18.7. The molecule has 1 heterocycles. The maximum atomic E-state index is 13.3. The number of H-pyrrole nitrogens is 1. The number of aromatic nitrogens is 3. The summed E-state index contributed by atoms with van der Waals surface area (Å²) in [4.78, 5) is 12.1. The van der Waals surface area contributed by atoms with Crippen molar-refractivity contribution in [3.05, 3.63) is 88.3 Å². The van der Waals surface area contributed by atoms with Crippen molar-refractivity contribution in [3.63, 3.8) is 0 Å². The molecule has 0 amide bonds. The smallest absolute Gasteiger partial charge is 0.348 e. The number of rotatable bonds is 6. The number of nitriles is 1. The second-order valence-electron chi connectivity index (χ2n) is 7.40. The van der Waals surface area contributed by atoms with Crippen molar-refractivity contribution in [3.8, 4) is 34.6 Å². The molecule has 0 fully saturated rings. The van der Waals surface area contributed by atoms with E-state index < -0.39 is 32.1 Å². The average Bonchev–Trinajstić information content (AvgIpc) is 3.20. The van der Waals surface area contributed by atoms with Crippen LogP contribution in [0.5, 0.6) is 11.5 Å². The van der Waals surface area contributed by atoms with Crippen LogP contribution in [0.25, 0.3) is 17.1 Å². The Hall–Kier alpha value is -4.40. The molecule has 0 saturated heterocycles. The summed E-state index contributed by atoms with van der Waals surface area (Å²) < 4.78 is 28.6. The Kier molecular flexibility index (Phi) is 5.93. The Morgan fingerprint density at radius 2 is 1.74 bits per heavy atom. The zero-order valence-electron chi connectivity index (χ0n) is 17.9. The summed E-state index contributed by atoms with van der Waals surface area (Å²) in [6.07, 6.45) is 0. The number of phenols is 2. The maximum absolute atomic E-state index is 13.3. The molecule has 3 aromatic carbocycles. The number of nitrogens with one attached hydrogen (secondary N) is 1. The largest absolute Gasteiger partial charge is 0.507 e. The predicted molar refractivity (Wildman–Crippen MR) is 123 cm³/mol. The third-order valence-corrected chi connectivity index (χ3v) is 7.02. The second kappa shape index (κ2) is 8.86. The van der Waals surface area contributed by atoms with Crippen molar-refractivity contribution in [1.82, 2.24) is 19.1 Å². The normalized spacial score (nSPS) is 11.4. The Morgan fingerprint density at radius 3 is 2.44 bits per heavy atom. The molecule has 3 N–H and O–H groups in total. The van der Waals surface area contributed by atoms with E-state index in [1.165, 1.54) is 19.2 Å². The minimum absolute atomic E-state index is 0.0431. The van der Waals surface area contributed by atoms with Gasteiger partial charge in [-0.1, -0.05) is 42.5 Å². The molecule has 34 heavy (non-hydrogen) atoms. The second-order valence-corrected chi connectivity index (χ2v) is 9.41. The Labute approximate surface area is 194 Å². The summed E-state index contributed by atoms with van der Waals surface area (Å²) in [7, 11) is -2.84. The molecule has 172 valence electrons. The van der Waals surface area contributed by atoms with E-state index in [0.717, 1.165) is 26.6 Å². The highest BCUT2D eigenvalue weighted by atomic mass is 32.2. The molecule has 0 bridgehead atoms. The highest BCUT2D eigenvalue weighted by Gasteiger charge is 2.28. The lowest BCUT2D eigenvalue weighted by Crippen LogP contribution is -2.26. The van der Waals surface area contributed by atoms with Crippen LogP contribution in [-0.2, 0) is 16.6 Å². The Bertz CT molecular complexity index is 1570. The van der Waals surface area contributed by atoms with Crippen LogP contribution >= 0.6 is 0 Å². The first-order valence-electron chi connectivity index (χ1n) is 9.97. The van der Waals surface area contributed by atoms with Crippen molar-refractivity contribution < 1.29 is 18.6 Å². The minimum Gasteiger partial charge on any atom is -0.507 e. The van der Waals surface area contributed by atoms with Crippen LogP contribution in [-0.4, -0.2) is 44.7 Å². The first-order chi connectivity index (χ1) is 16.2. The van der Waals surface area contributed by atoms with E-state index >= 15 is 0 Å². The first-order valence-corrected chi connectivity index (χ1v) is 11.4. The number of hydrogen-bond donors (Lipinski definition) is 3. The van der Waals surface area contributed by atoms with E-state index in [-0.39, 0.29) is 29.2 Å². The van der Waals surface area contributed by atoms with Gasteiger partial charge < -0.3 is 10.2 Å². The van der Waals surface area contributed by atoms with Gasteiger partial charge in [0.2, 0.25) is 10.0 Å². The number of para-hydroxylation sites is 1.